The van der Waals surface area contributed by atoms with E-state index in [1.54, 1.807) is 35.9 Å². The van der Waals surface area contributed by atoms with Gasteiger partial charge >= 0.3 is 6.09 Å². The quantitative estimate of drug-likeness (QED) is 0.730. The summed E-state index contributed by atoms with van der Waals surface area (Å²) in [5.41, 5.74) is 0.999. The van der Waals surface area contributed by atoms with Crippen LogP contribution in [0.1, 0.15) is 46.4 Å². The second-order valence-electron chi connectivity index (χ2n) is 8.02. The lowest BCUT2D eigenvalue weighted by Gasteiger charge is -2.34. The van der Waals surface area contributed by atoms with E-state index in [0.717, 1.165) is 25.1 Å². The van der Waals surface area contributed by atoms with Crippen LogP contribution >= 0.6 is 0 Å². The molecule has 2 aromatic rings. The van der Waals surface area contributed by atoms with Gasteiger partial charge < -0.3 is 19.1 Å². The maximum atomic E-state index is 13.6. The average Bonchev–Trinajstić information content (AvgIpc) is 3.23. The standard InChI is InChI=1S/C23H29N5O4/c1-3-32-23(31)27-15-13-26(14-16-27)22(30)19-20(24-18-11-7-8-12-28(18)19)25(2)21(29)17-9-5-4-6-10-17/h4-6,9-10H,3,7-8,11-16H2,1-2H3. The molecule has 2 aliphatic rings. The first-order chi connectivity index (χ1) is 15.5. The van der Waals surface area contributed by atoms with Gasteiger partial charge in [-0.15, -0.1) is 0 Å². The molecule has 1 aromatic heterocycles. The number of carbonyl (C=O) groups excluding carboxylic acids is 3. The topological polar surface area (TPSA) is 88.0 Å². The van der Waals surface area contributed by atoms with Crippen LogP contribution in [0, 0.1) is 0 Å². The van der Waals surface area contributed by atoms with Crippen LogP contribution < -0.4 is 4.90 Å². The fourth-order valence-corrected chi connectivity index (χ4v) is 4.24. The van der Waals surface area contributed by atoms with Crippen molar-refractivity contribution in [3.8, 4) is 0 Å². The first kappa shape index (κ1) is 21.9. The highest BCUT2D eigenvalue weighted by Gasteiger charge is 2.33. The van der Waals surface area contributed by atoms with Crippen molar-refractivity contribution in [2.75, 3.05) is 44.7 Å². The van der Waals surface area contributed by atoms with E-state index in [2.05, 4.69) is 0 Å². The highest BCUT2D eigenvalue weighted by Crippen LogP contribution is 2.28. The van der Waals surface area contributed by atoms with E-state index in [1.807, 2.05) is 22.8 Å². The van der Waals surface area contributed by atoms with Crippen LogP contribution in [-0.2, 0) is 17.7 Å². The molecule has 0 spiro atoms. The summed E-state index contributed by atoms with van der Waals surface area (Å²) in [5, 5.41) is 0. The smallest absolute Gasteiger partial charge is 0.409 e. The van der Waals surface area contributed by atoms with Gasteiger partial charge in [0.1, 0.15) is 5.82 Å². The molecule has 1 aromatic carbocycles. The zero-order chi connectivity index (χ0) is 22.7. The van der Waals surface area contributed by atoms with Gasteiger partial charge in [-0.2, -0.15) is 0 Å². The van der Waals surface area contributed by atoms with Gasteiger partial charge in [0.25, 0.3) is 11.8 Å². The number of fused-ring (bicyclic) bond motifs is 1. The number of rotatable bonds is 4. The first-order valence-electron chi connectivity index (χ1n) is 11.1. The monoisotopic (exact) mass is 439 g/mol. The largest absolute Gasteiger partial charge is 0.450 e. The molecule has 32 heavy (non-hydrogen) atoms. The molecule has 0 aliphatic carbocycles. The number of benzene rings is 1. The maximum absolute atomic E-state index is 13.6. The Kier molecular flexibility index (Phi) is 6.43. The Morgan fingerprint density at radius 2 is 1.69 bits per heavy atom. The molecule has 0 atom stereocenters. The summed E-state index contributed by atoms with van der Waals surface area (Å²) in [6, 6.07) is 9.00. The van der Waals surface area contributed by atoms with E-state index in [-0.39, 0.29) is 17.9 Å². The number of hydrogen-bond donors (Lipinski definition) is 0. The zero-order valence-electron chi connectivity index (χ0n) is 18.6. The number of imidazole rings is 1. The van der Waals surface area contributed by atoms with Crippen molar-refractivity contribution in [3.63, 3.8) is 0 Å². The number of hydrogen-bond acceptors (Lipinski definition) is 5. The maximum Gasteiger partial charge on any atom is 0.409 e. The van der Waals surface area contributed by atoms with Crippen molar-refractivity contribution >= 4 is 23.7 Å². The SMILES string of the molecule is CCOC(=O)N1CCN(C(=O)c2c(N(C)C(=O)c3ccccc3)nc3n2CCCC3)CC1. The van der Waals surface area contributed by atoms with Crippen molar-refractivity contribution in [3.05, 3.63) is 47.4 Å². The van der Waals surface area contributed by atoms with Crippen LogP contribution in [-0.4, -0.2) is 77.1 Å². The van der Waals surface area contributed by atoms with E-state index in [4.69, 9.17) is 9.72 Å². The van der Waals surface area contributed by atoms with Crippen molar-refractivity contribution < 1.29 is 19.1 Å². The summed E-state index contributed by atoms with van der Waals surface area (Å²) in [6.45, 7) is 4.46. The molecule has 2 aliphatic heterocycles. The summed E-state index contributed by atoms with van der Waals surface area (Å²) in [7, 11) is 1.67. The van der Waals surface area contributed by atoms with Crippen LogP contribution in [0.25, 0.3) is 0 Å². The van der Waals surface area contributed by atoms with Gasteiger partial charge in [0, 0.05) is 51.8 Å². The van der Waals surface area contributed by atoms with Crippen molar-refractivity contribution in [1.82, 2.24) is 19.4 Å². The molecule has 0 radical (unpaired) electrons. The number of aryl methyl sites for hydroxylation is 1. The summed E-state index contributed by atoms with van der Waals surface area (Å²) in [5.74, 6) is 0.875. The van der Waals surface area contributed by atoms with E-state index < -0.39 is 0 Å². The highest BCUT2D eigenvalue weighted by atomic mass is 16.6. The minimum atomic E-state index is -0.352. The number of nitrogens with zero attached hydrogens (tertiary/aromatic N) is 5. The van der Waals surface area contributed by atoms with Crippen LogP contribution in [0.15, 0.2) is 30.3 Å². The van der Waals surface area contributed by atoms with E-state index in [1.165, 1.54) is 4.90 Å². The highest BCUT2D eigenvalue weighted by molar-refractivity contribution is 6.09. The molecule has 170 valence electrons. The van der Waals surface area contributed by atoms with Gasteiger partial charge in [-0.25, -0.2) is 9.78 Å². The Morgan fingerprint density at radius 3 is 2.38 bits per heavy atom. The third kappa shape index (κ3) is 4.19. The van der Waals surface area contributed by atoms with Gasteiger partial charge in [-0.1, -0.05) is 18.2 Å². The second kappa shape index (κ2) is 9.42. The van der Waals surface area contributed by atoms with E-state index in [0.29, 0.717) is 56.4 Å². The van der Waals surface area contributed by atoms with Gasteiger partial charge in [0.05, 0.1) is 6.61 Å². The fourth-order valence-electron chi connectivity index (χ4n) is 4.24. The molecule has 0 N–H and O–H groups in total. The van der Waals surface area contributed by atoms with Crippen molar-refractivity contribution in [2.45, 2.75) is 32.7 Å². The number of anilines is 1. The van der Waals surface area contributed by atoms with Crippen LogP contribution in [0.5, 0.6) is 0 Å². The number of carbonyl (C=O) groups is 3. The lowest BCUT2D eigenvalue weighted by molar-refractivity contribution is 0.0561. The zero-order valence-corrected chi connectivity index (χ0v) is 18.6. The molecular formula is C23H29N5O4. The Bertz CT molecular complexity index is 995. The van der Waals surface area contributed by atoms with E-state index in [9.17, 15) is 14.4 Å². The van der Waals surface area contributed by atoms with Crippen LogP contribution in [0.2, 0.25) is 0 Å². The van der Waals surface area contributed by atoms with Crippen LogP contribution in [0.3, 0.4) is 0 Å². The number of piperazine rings is 1. The van der Waals surface area contributed by atoms with Gasteiger partial charge in [0.15, 0.2) is 11.5 Å². The Morgan fingerprint density at radius 1 is 1.00 bits per heavy atom. The summed E-state index contributed by atoms with van der Waals surface area (Å²) in [6.07, 6.45) is 2.41. The molecule has 9 nitrogen and oxygen atoms in total. The Balaban J connectivity index is 1.59. The molecule has 1 fully saturated rings. The fraction of sp³-hybridized carbons (Fsp3) is 0.478. The molecule has 0 unspecified atom stereocenters. The summed E-state index contributed by atoms with van der Waals surface area (Å²) in [4.78, 5) is 48.2. The molecule has 0 bridgehead atoms. The molecule has 1 saturated heterocycles. The Labute approximate surface area is 187 Å². The first-order valence-corrected chi connectivity index (χ1v) is 11.1. The lowest BCUT2D eigenvalue weighted by Crippen LogP contribution is -2.51. The van der Waals surface area contributed by atoms with Gasteiger partial charge in [-0.05, 0) is 31.9 Å². The number of ether oxygens (including phenoxy) is 1. The van der Waals surface area contributed by atoms with E-state index >= 15 is 0 Å². The molecular weight excluding hydrogens is 410 g/mol. The third-order valence-electron chi connectivity index (χ3n) is 6.00. The summed E-state index contributed by atoms with van der Waals surface area (Å²) >= 11 is 0. The molecule has 4 rings (SSSR count). The normalized spacial score (nSPS) is 15.8. The minimum Gasteiger partial charge on any atom is -0.450 e. The predicted octanol–water partition coefficient (Wildman–Crippen LogP) is 2.41. The third-order valence-corrected chi connectivity index (χ3v) is 6.00. The van der Waals surface area contributed by atoms with Crippen LogP contribution in [0.4, 0.5) is 10.6 Å². The Hall–Kier alpha value is -3.36. The molecule has 0 saturated carbocycles. The van der Waals surface area contributed by atoms with Crippen molar-refractivity contribution in [1.29, 1.82) is 0 Å². The van der Waals surface area contributed by atoms with Gasteiger partial charge in [-0.3, -0.25) is 14.5 Å². The predicted molar refractivity (Wildman–Crippen MR) is 119 cm³/mol. The molecule has 9 heteroatoms. The minimum absolute atomic E-state index is 0.156. The summed E-state index contributed by atoms with van der Waals surface area (Å²) < 4.78 is 7.03. The molecule has 3 heterocycles. The average molecular weight is 440 g/mol. The second-order valence-corrected chi connectivity index (χ2v) is 8.02. The van der Waals surface area contributed by atoms with Gasteiger partial charge in [0.2, 0.25) is 0 Å². The molecule has 3 amide bonds. The van der Waals surface area contributed by atoms with Crippen molar-refractivity contribution in [2.24, 2.45) is 0 Å². The lowest BCUT2D eigenvalue weighted by atomic mass is 10.1. The number of aromatic nitrogens is 2. The number of amides is 3.